The van der Waals surface area contributed by atoms with Gasteiger partial charge in [-0.3, -0.25) is 4.79 Å². The molecule has 0 saturated carbocycles. The molecule has 0 spiro atoms. The highest BCUT2D eigenvalue weighted by molar-refractivity contribution is 7.20. The van der Waals surface area contributed by atoms with Gasteiger partial charge in [-0.2, -0.15) is 11.3 Å². The number of thiophene rings is 2. The fraction of sp³-hybridized carbons (Fsp3) is 0.100. The lowest BCUT2D eigenvalue weighted by Gasteiger charge is -2.18. The van der Waals surface area contributed by atoms with E-state index in [9.17, 15) is 9.90 Å². The van der Waals surface area contributed by atoms with Crippen molar-refractivity contribution in [2.75, 3.05) is 0 Å². The van der Waals surface area contributed by atoms with Crippen LogP contribution in [0, 0.1) is 0 Å². The van der Waals surface area contributed by atoms with Crippen LogP contribution in [0.3, 0.4) is 0 Å². The summed E-state index contributed by atoms with van der Waals surface area (Å²) in [5, 5.41) is 13.6. The third-order valence-electron chi connectivity index (χ3n) is 2.59. The number of fused-ring (bicyclic) bond motifs is 2. The van der Waals surface area contributed by atoms with Gasteiger partial charge in [-0.1, -0.05) is 23.2 Å². The van der Waals surface area contributed by atoms with Crippen LogP contribution in [-0.4, -0.2) is 10.9 Å². The number of ketones is 1. The van der Waals surface area contributed by atoms with Gasteiger partial charge in [0.15, 0.2) is 5.78 Å². The summed E-state index contributed by atoms with van der Waals surface area (Å²) in [5.74, 6) is -0.148. The van der Waals surface area contributed by atoms with Crippen molar-refractivity contribution in [3.63, 3.8) is 0 Å². The first-order valence-corrected chi connectivity index (χ1v) is 6.89. The van der Waals surface area contributed by atoms with Crippen LogP contribution in [0.4, 0.5) is 0 Å². The lowest BCUT2D eigenvalue weighted by Crippen LogP contribution is -2.16. The summed E-state index contributed by atoms with van der Waals surface area (Å²) in [5.41, 5.74) is 1.96. The molecule has 1 unspecified atom stereocenters. The summed E-state index contributed by atoms with van der Waals surface area (Å²) in [6.45, 7) is 0. The van der Waals surface area contributed by atoms with E-state index >= 15 is 0 Å². The van der Waals surface area contributed by atoms with E-state index in [2.05, 4.69) is 0 Å². The molecule has 2 heterocycles. The minimum atomic E-state index is -0.842. The van der Waals surface area contributed by atoms with Crippen molar-refractivity contribution >= 4 is 51.7 Å². The van der Waals surface area contributed by atoms with E-state index in [-0.39, 0.29) is 5.78 Å². The van der Waals surface area contributed by atoms with Gasteiger partial charge in [-0.15, -0.1) is 11.3 Å². The average molecular weight is 291 g/mol. The Balaban J connectivity index is 2.35. The molecule has 1 atom stereocenters. The van der Waals surface area contributed by atoms with E-state index in [4.69, 9.17) is 23.2 Å². The summed E-state index contributed by atoms with van der Waals surface area (Å²) >= 11 is 14.4. The number of hydrogen-bond donors (Lipinski definition) is 1. The Hall–Kier alpha value is -0.390. The fourth-order valence-corrected chi connectivity index (χ4v) is 4.44. The summed E-state index contributed by atoms with van der Waals surface area (Å²) < 4.78 is 0.735. The molecule has 0 saturated heterocycles. The van der Waals surface area contributed by atoms with Crippen molar-refractivity contribution in [3.8, 4) is 0 Å². The topological polar surface area (TPSA) is 37.3 Å². The Kier molecular flexibility index (Phi) is 2.38. The van der Waals surface area contributed by atoms with E-state index in [1.165, 1.54) is 11.3 Å². The second-order valence-corrected chi connectivity index (χ2v) is 6.38. The molecule has 82 valence electrons. The third kappa shape index (κ3) is 1.25. The van der Waals surface area contributed by atoms with Crippen LogP contribution in [0.25, 0.3) is 0 Å². The van der Waals surface area contributed by atoms with Gasteiger partial charge in [0.1, 0.15) is 14.8 Å². The second-order valence-electron chi connectivity index (χ2n) is 3.41. The summed E-state index contributed by atoms with van der Waals surface area (Å²) in [4.78, 5) is 12.1. The van der Waals surface area contributed by atoms with Crippen LogP contribution in [0.1, 0.15) is 33.2 Å². The van der Waals surface area contributed by atoms with E-state index < -0.39 is 6.10 Å². The van der Waals surface area contributed by atoms with Crippen molar-refractivity contribution in [2.24, 2.45) is 0 Å². The molecule has 0 amide bonds. The van der Waals surface area contributed by atoms with E-state index in [1.54, 1.807) is 10.8 Å². The summed E-state index contributed by atoms with van der Waals surface area (Å²) in [6, 6.07) is 0. The molecular weight excluding hydrogens is 287 g/mol. The van der Waals surface area contributed by atoms with Gasteiger partial charge in [-0.25, -0.2) is 0 Å². The quantitative estimate of drug-likeness (QED) is 0.802. The molecule has 6 heteroatoms. The van der Waals surface area contributed by atoms with Gasteiger partial charge in [0, 0.05) is 22.1 Å². The van der Waals surface area contributed by atoms with Crippen molar-refractivity contribution < 1.29 is 9.90 Å². The zero-order valence-electron chi connectivity index (χ0n) is 7.66. The lowest BCUT2D eigenvalue weighted by molar-refractivity contribution is 0.102. The molecule has 2 aromatic rings. The number of aliphatic hydroxyl groups is 1. The number of halogens is 2. The predicted octanol–water partition coefficient (Wildman–Crippen LogP) is 3.74. The smallest absolute Gasteiger partial charge is 0.197 e. The van der Waals surface area contributed by atoms with E-state index in [1.807, 2.05) is 0 Å². The highest BCUT2D eigenvalue weighted by Gasteiger charge is 2.35. The molecule has 2 nitrogen and oxygen atoms in total. The molecule has 0 fully saturated rings. The molecular formula is C10H4Cl2O2S2. The summed E-state index contributed by atoms with van der Waals surface area (Å²) in [7, 11) is 0. The Morgan fingerprint density at radius 3 is 2.75 bits per heavy atom. The van der Waals surface area contributed by atoms with Crippen LogP contribution < -0.4 is 0 Å². The zero-order chi connectivity index (χ0) is 11.4. The minimum Gasteiger partial charge on any atom is -0.383 e. The minimum absolute atomic E-state index is 0.148. The maximum Gasteiger partial charge on any atom is 0.197 e. The van der Waals surface area contributed by atoms with Gasteiger partial charge in [-0.05, 0) is 5.38 Å². The molecule has 16 heavy (non-hydrogen) atoms. The van der Waals surface area contributed by atoms with Gasteiger partial charge >= 0.3 is 0 Å². The molecule has 1 aliphatic carbocycles. The number of carbonyl (C=O) groups is 1. The Labute approximate surface area is 109 Å². The van der Waals surface area contributed by atoms with Crippen LogP contribution >= 0.6 is 45.9 Å². The SMILES string of the molecule is O=C1c2cscc2C(O)c2c(Cl)sc(Cl)c21. The number of rotatable bonds is 0. The highest BCUT2D eigenvalue weighted by atomic mass is 35.5. The van der Waals surface area contributed by atoms with E-state index in [0.717, 1.165) is 11.3 Å². The van der Waals surface area contributed by atoms with Crippen LogP contribution in [0.5, 0.6) is 0 Å². The lowest BCUT2D eigenvalue weighted by atomic mass is 9.88. The average Bonchev–Trinajstić information content (AvgIpc) is 2.80. The Morgan fingerprint density at radius 2 is 2.00 bits per heavy atom. The Bertz CT molecular complexity index is 600. The fourth-order valence-electron chi connectivity index (χ4n) is 1.84. The second kappa shape index (κ2) is 3.55. The van der Waals surface area contributed by atoms with E-state index in [0.29, 0.717) is 30.9 Å². The van der Waals surface area contributed by atoms with Crippen molar-refractivity contribution in [3.05, 3.63) is 41.7 Å². The summed E-state index contributed by atoms with van der Waals surface area (Å²) in [6.07, 6.45) is -0.842. The first kappa shape index (κ1) is 10.7. The zero-order valence-corrected chi connectivity index (χ0v) is 10.8. The first-order chi connectivity index (χ1) is 7.61. The number of carbonyl (C=O) groups excluding carboxylic acids is 1. The van der Waals surface area contributed by atoms with Gasteiger partial charge in [0.25, 0.3) is 0 Å². The first-order valence-electron chi connectivity index (χ1n) is 4.37. The molecule has 2 aromatic heterocycles. The van der Waals surface area contributed by atoms with Crippen molar-refractivity contribution in [1.29, 1.82) is 0 Å². The third-order valence-corrected chi connectivity index (χ3v) is 4.99. The molecule has 1 aliphatic rings. The van der Waals surface area contributed by atoms with Gasteiger partial charge in [0.2, 0.25) is 0 Å². The van der Waals surface area contributed by atoms with Gasteiger partial charge in [0.05, 0.1) is 5.56 Å². The highest BCUT2D eigenvalue weighted by Crippen LogP contribution is 2.47. The van der Waals surface area contributed by atoms with Crippen LogP contribution in [-0.2, 0) is 0 Å². The van der Waals surface area contributed by atoms with Crippen LogP contribution in [0.2, 0.25) is 8.67 Å². The maximum atomic E-state index is 12.1. The number of hydrogen-bond acceptors (Lipinski definition) is 4. The molecule has 0 aromatic carbocycles. The standard InChI is InChI=1S/C10H4Cl2O2S2/c11-9-5-6(10(12)16-9)8(14)4-2-15-1-3(4)7(5)13/h1-2,7,13H. The normalized spacial score (nSPS) is 18.4. The molecule has 0 radical (unpaired) electrons. The molecule has 3 rings (SSSR count). The molecule has 0 aliphatic heterocycles. The molecule has 0 bridgehead atoms. The Morgan fingerprint density at radius 1 is 1.25 bits per heavy atom. The maximum absolute atomic E-state index is 12.1. The van der Waals surface area contributed by atoms with Gasteiger partial charge < -0.3 is 5.11 Å². The van der Waals surface area contributed by atoms with Crippen LogP contribution in [0.15, 0.2) is 10.8 Å². The number of aliphatic hydroxyl groups excluding tert-OH is 1. The van der Waals surface area contributed by atoms with Crippen molar-refractivity contribution in [1.82, 2.24) is 0 Å². The van der Waals surface area contributed by atoms with Crippen molar-refractivity contribution in [2.45, 2.75) is 6.10 Å². The molecule has 1 N–H and O–H groups in total. The monoisotopic (exact) mass is 290 g/mol. The predicted molar refractivity (Wildman–Crippen MR) is 66.2 cm³/mol. The largest absolute Gasteiger partial charge is 0.383 e.